The number of amides is 2. The Balaban J connectivity index is 1.52. The Hall–Kier alpha value is -3.80. The lowest BCUT2D eigenvalue weighted by molar-refractivity contribution is -0.117. The van der Waals surface area contributed by atoms with Crippen molar-refractivity contribution >= 4 is 17.5 Å². The van der Waals surface area contributed by atoms with E-state index in [0.717, 1.165) is 29.5 Å². The van der Waals surface area contributed by atoms with Crippen LogP contribution >= 0.6 is 0 Å². The van der Waals surface area contributed by atoms with E-state index in [9.17, 15) is 9.59 Å². The second-order valence-corrected chi connectivity index (χ2v) is 8.81. The van der Waals surface area contributed by atoms with Crippen LogP contribution in [-0.2, 0) is 11.2 Å². The summed E-state index contributed by atoms with van der Waals surface area (Å²) in [7, 11) is 3.25. The number of nitrogens with one attached hydrogen (secondary N) is 1. The minimum atomic E-state index is -0.262. The van der Waals surface area contributed by atoms with Crippen LogP contribution in [0.1, 0.15) is 45.9 Å². The summed E-state index contributed by atoms with van der Waals surface area (Å²) in [5, 5.41) is 2.95. The predicted molar refractivity (Wildman–Crippen MR) is 130 cm³/mol. The van der Waals surface area contributed by atoms with E-state index >= 15 is 0 Å². The first-order valence-corrected chi connectivity index (χ1v) is 11.6. The molecule has 0 aromatic heterocycles. The Kier molecular flexibility index (Phi) is 5.97. The summed E-state index contributed by atoms with van der Waals surface area (Å²) in [5.41, 5.74) is 4.41. The van der Waals surface area contributed by atoms with Crippen LogP contribution in [0.3, 0.4) is 0 Å². The van der Waals surface area contributed by atoms with E-state index < -0.39 is 0 Å². The molecule has 6 nitrogen and oxygen atoms in total. The van der Waals surface area contributed by atoms with Crippen LogP contribution in [-0.4, -0.2) is 37.5 Å². The lowest BCUT2D eigenvalue weighted by atomic mass is 9.87. The van der Waals surface area contributed by atoms with Crippen molar-refractivity contribution in [3.8, 4) is 11.5 Å². The molecule has 0 bridgehead atoms. The SMILES string of the molecule is COc1cc2c(cc1OC)C(c1ccccc1)N(C(=O)c1cccc(NC(=O)C3CC3)c1)CC2. The van der Waals surface area contributed by atoms with Crippen molar-refractivity contribution in [3.05, 3.63) is 89.0 Å². The first-order valence-electron chi connectivity index (χ1n) is 11.6. The number of ether oxygens (including phenoxy) is 2. The molecular weight excluding hydrogens is 428 g/mol. The van der Waals surface area contributed by atoms with Crippen molar-refractivity contribution in [2.45, 2.75) is 25.3 Å². The van der Waals surface area contributed by atoms with Crippen LogP contribution in [0.2, 0.25) is 0 Å². The number of hydrogen-bond acceptors (Lipinski definition) is 4. The van der Waals surface area contributed by atoms with Gasteiger partial charge in [-0.1, -0.05) is 36.4 Å². The molecule has 0 spiro atoms. The van der Waals surface area contributed by atoms with Gasteiger partial charge >= 0.3 is 0 Å². The summed E-state index contributed by atoms with van der Waals surface area (Å²) in [6.07, 6.45) is 2.58. The summed E-state index contributed by atoms with van der Waals surface area (Å²) in [4.78, 5) is 27.9. The van der Waals surface area contributed by atoms with Gasteiger partial charge in [-0.05, 0) is 66.3 Å². The van der Waals surface area contributed by atoms with Crippen LogP contribution in [0.4, 0.5) is 5.69 Å². The van der Waals surface area contributed by atoms with Crippen molar-refractivity contribution < 1.29 is 19.1 Å². The topological polar surface area (TPSA) is 67.9 Å². The van der Waals surface area contributed by atoms with Crippen molar-refractivity contribution in [2.75, 3.05) is 26.1 Å². The van der Waals surface area contributed by atoms with Gasteiger partial charge in [0.1, 0.15) is 0 Å². The van der Waals surface area contributed by atoms with Crippen molar-refractivity contribution in [3.63, 3.8) is 0 Å². The molecule has 174 valence electrons. The van der Waals surface area contributed by atoms with Gasteiger partial charge in [0, 0.05) is 23.7 Å². The number of nitrogens with zero attached hydrogens (tertiary/aromatic N) is 1. The molecular formula is C28H28N2O4. The number of hydrogen-bond donors (Lipinski definition) is 1. The maximum atomic E-state index is 13.8. The van der Waals surface area contributed by atoms with Gasteiger partial charge in [0.05, 0.1) is 20.3 Å². The van der Waals surface area contributed by atoms with Gasteiger partial charge in [0.15, 0.2) is 11.5 Å². The molecule has 1 fully saturated rings. The predicted octanol–water partition coefficient (Wildman–Crippen LogP) is 4.84. The molecule has 1 atom stereocenters. The smallest absolute Gasteiger partial charge is 0.254 e. The maximum Gasteiger partial charge on any atom is 0.254 e. The number of fused-ring (bicyclic) bond motifs is 1. The molecule has 0 radical (unpaired) electrons. The van der Waals surface area contributed by atoms with Gasteiger partial charge in [-0.2, -0.15) is 0 Å². The fourth-order valence-corrected chi connectivity index (χ4v) is 4.65. The van der Waals surface area contributed by atoms with Gasteiger partial charge < -0.3 is 19.7 Å². The first kappa shape index (κ1) is 22.0. The van der Waals surface area contributed by atoms with Crippen LogP contribution in [0, 0.1) is 5.92 Å². The third kappa shape index (κ3) is 4.23. The summed E-state index contributed by atoms with van der Waals surface area (Å²) >= 11 is 0. The summed E-state index contributed by atoms with van der Waals surface area (Å²) in [6.45, 7) is 0.569. The fourth-order valence-electron chi connectivity index (χ4n) is 4.65. The Morgan fingerprint density at radius 1 is 0.912 bits per heavy atom. The molecule has 1 saturated carbocycles. The standard InChI is InChI=1S/C28H28N2O4/c1-33-24-16-20-13-14-30(26(18-7-4-3-5-8-18)23(20)17-25(24)34-2)28(32)21-9-6-10-22(15-21)29-27(31)19-11-12-19/h3-10,15-17,19,26H,11-14H2,1-2H3,(H,29,31). The van der Waals surface area contributed by atoms with Crippen LogP contribution in [0.5, 0.6) is 11.5 Å². The third-order valence-electron chi connectivity index (χ3n) is 6.58. The lowest BCUT2D eigenvalue weighted by Gasteiger charge is -2.38. The van der Waals surface area contributed by atoms with Gasteiger partial charge in [-0.15, -0.1) is 0 Å². The number of rotatable bonds is 6. The molecule has 3 aromatic carbocycles. The quantitative estimate of drug-likeness (QED) is 0.576. The van der Waals surface area contributed by atoms with Crippen molar-refractivity contribution in [2.24, 2.45) is 5.92 Å². The highest BCUT2D eigenvalue weighted by Gasteiger charge is 2.34. The monoisotopic (exact) mass is 456 g/mol. The Morgan fingerprint density at radius 3 is 2.35 bits per heavy atom. The molecule has 34 heavy (non-hydrogen) atoms. The van der Waals surface area contributed by atoms with E-state index in [1.807, 2.05) is 59.5 Å². The molecule has 3 aromatic rings. The number of anilines is 1. The number of carbonyl (C=O) groups excluding carboxylic acids is 2. The molecule has 5 rings (SSSR count). The maximum absolute atomic E-state index is 13.8. The zero-order valence-electron chi connectivity index (χ0n) is 19.4. The normalized spacial score (nSPS) is 17.0. The number of carbonyl (C=O) groups is 2. The van der Waals surface area contributed by atoms with E-state index in [-0.39, 0.29) is 23.8 Å². The third-order valence-corrected chi connectivity index (χ3v) is 6.58. The minimum absolute atomic E-state index is 0.0275. The van der Waals surface area contributed by atoms with Crippen LogP contribution in [0.25, 0.3) is 0 Å². The van der Waals surface area contributed by atoms with Gasteiger partial charge in [-0.25, -0.2) is 0 Å². The Morgan fingerprint density at radius 2 is 1.65 bits per heavy atom. The zero-order chi connectivity index (χ0) is 23.7. The molecule has 1 N–H and O–H groups in total. The molecule has 1 aliphatic heterocycles. The highest BCUT2D eigenvalue weighted by molar-refractivity contribution is 5.98. The second kappa shape index (κ2) is 9.21. The first-order chi connectivity index (χ1) is 16.6. The van der Waals surface area contributed by atoms with Crippen molar-refractivity contribution in [1.82, 2.24) is 4.90 Å². The Bertz CT molecular complexity index is 1220. The molecule has 0 saturated heterocycles. The minimum Gasteiger partial charge on any atom is -0.493 e. The van der Waals surface area contributed by atoms with E-state index in [2.05, 4.69) is 5.32 Å². The van der Waals surface area contributed by atoms with Crippen molar-refractivity contribution in [1.29, 1.82) is 0 Å². The summed E-state index contributed by atoms with van der Waals surface area (Å²) in [5.74, 6) is 1.39. The summed E-state index contributed by atoms with van der Waals surface area (Å²) < 4.78 is 11.1. The zero-order valence-corrected chi connectivity index (χ0v) is 19.4. The fraction of sp³-hybridized carbons (Fsp3) is 0.286. The summed E-state index contributed by atoms with van der Waals surface area (Å²) in [6, 6.07) is 21.0. The molecule has 1 heterocycles. The largest absolute Gasteiger partial charge is 0.493 e. The second-order valence-electron chi connectivity index (χ2n) is 8.81. The van der Waals surface area contributed by atoms with Gasteiger partial charge in [-0.3, -0.25) is 9.59 Å². The van der Waals surface area contributed by atoms with E-state index in [1.165, 1.54) is 0 Å². The molecule has 2 amide bonds. The highest BCUT2D eigenvalue weighted by atomic mass is 16.5. The van der Waals surface area contributed by atoms with E-state index in [4.69, 9.17) is 9.47 Å². The van der Waals surface area contributed by atoms with Gasteiger partial charge in [0.25, 0.3) is 5.91 Å². The Labute approximate surface area is 199 Å². The van der Waals surface area contributed by atoms with Gasteiger partial charge in [0.2, 0.25) is 5.91 Å². The number of benzene rings is 3. The molecule has 6 heteroatoms. The average Bonchev–Trinajstić information content (AvgIpc) is 3.73. The van der Waals surface area contributed by atoms with Crippen LogP contribution < -0.4 is 14.8 Å². The lowest BCUT2D eigenvalue weighted by Crippen LogP contribution is -2.40. The molecule has 2 aliphatic rings. The average molecular weight is 457 g/mol. The molecule has 1 aliphatic carbocycles. The number of methoxy groups -OCH3 is 2. The molecule has 1 unspecified atom stereocenters. The van der Waals surface area contributed by atoms with E-state index in [1.54, 1.807) is 26.4 Å². The van der Waals surface area contributed by atoms with Crippen LogP contribution in [0.15, 0.2) is 66.7 Å². The highest BCUT2D eigenvalue weighted by Crippen LogP contribution is 2.41. The van der Waals surface area contributed by atoms with E-state index in [0.29, 0.717) is 35.7 Å².